The number of nitrogens with one attached hydrogen (secondary N) is 1. The molecule has 2 aromatic carbocycles. The van der Waals surface area contributed by atoms with Gasteiger partial charge in [0.1, 0.15) is 6.04 Å². The van der Waals surface area contributed by atoms with Gasteiger partial charge in [0.25, 0.3) is 0 Å². The van der Waals surface area contributed by atoms with Crippen molar-refractivity contribution in [3.8, 4) is 0 Å². The van der Waals surface area contributed by atoms with Gasteiger partial charge in [-0.1, -0.05) is 44.2 Å². The van der Waals surface area contributed by atoms with Crippen LogP contribution in [-0.2, 0) is 4.79 Å². The number of halogens is 3. The summed E-state index contributed by atoms with van der Waals surface area (Å²) in [5.74, 6) is -0.115. The molecule has 0 aliphatic carbocycles. The van der Waals surface area contributed by atoms with Crippen molar-refractivity contribution in [2.45, 2.75) is 45.8 Å². The summed E-state index contributed by atoms with van der Waals surface area (Å²) in [7, 11) is 0. The van der Waals surface area contributed by atoms with Crippen LogP contribution in [0.4, 0.5) is 13.2 Å². The van der Waals surface area contributed by atoms with Gasteiger partial charge >= 0.3 is 6.18 Å². The number of benzene rings is 2. The van der Waals surface area contributed by atoms with Crippen LogP contribution in [0.2, 0.25) is 0 Å². The van der Waals surface area contributed by atoms with Crippen LogP contribution >= 0.6 is 0 Å². The summed E-state index contributed by atoms with van der Waals surface area (Å²) in [5, 5.41) is 2.74. The smallest absolute Gasteiger partial charge is 0.287 e. The highest BCUT2D eigenvalue weighted by Gasteiger charge is 2.51. The summed E-state index contributed by atoms with van der Waals surface area (Å²) in [6, 6.07) is 8.66. The van der Waals surface area contributed by atoms with Crippen LogP contribution in [0, 0.1) is 5.41 Å². The predicted octanol–water partition coefficient (Wildman–Crippen LogP) is 4.94. The first-order chi connectivity index (χ1) is 12.0. The molecule has 1 saturated heterocycles. The van der Waals surface area contributed by atoms with E-state index in [1.54, 1.807) is 26.0 Å². The quantitative estimate of drug-likeness (QED) is 0.837. The third-order valence-electron chi connectivity index (χ3n) is 4.92. The first-order valence-corrected chi connectivity index (χ1v) is 8.68. The van der Waals surface area contributed by atoms with Crippen molar-refractivity contribution in [3.05, 3.63) is 47.5 Å². The van der Waals surface area contributed by atoms with Crippen molar-refractivity contribution in [3.63, 3.8) is 0 Å². The number of hydrogen-bond donors (Lipinski definition) is 1. The third kappa shape index (κ3) is 3.30. The molecular formula is C20H23F3N2O. The lowest BCUT2D eigenvalue weighted by Gasteiger charge is -2.30. The molecule has 3 rings (SSSR count). The van der Waals surface area contributed by atoms with E-state index in [-0.39, 0.29) is 18.0 Å². The Kier molecular flexibility index (Phi) is 4.51. The largest absolute Gasteiger partial charge is 0.409 e. The fourth-order valence-electron chi connectivity index (χ4n) is 3.52. The fourth-order valence-corrected chi connectivity index (χ4v) is 3.52. The Morgan fingerprint density at radius 2 is 1.85 bits per heavy atom. The second-order valence-electron chi connectivity index (χ2n) is 7.88. The zero-order valence-corrected chi connectivity index (χ0v) is 15.3. The van der Waals surface area contributed by atoms with Crippen molar-refractivity contribution in [1.82, 2.24) is 10.4 Å². The van der Waals surface area contributed by atoms with Gasteiger partial charge in [-0.05, 0) is 47.7 Å². The van der Waals surface area contributed by atoms with Crippen molar-refractivity contribution < 1.29 is 18.0 Å². The lowest BCUT2D eigenvalue weighted by atomic mass is 9.92. The van der Waals surface area contributed by atoms with E-state index in [0.717, 1.165) is 21.3 Å². The Balaban J connectivity index is 2.07. The number of nitrogens with zero attached hydrogens (tertiary/aromatic N) is 1. The predicted molar refractivity (Wildman–Crippen MR) is 95.5 cm³/mol. The van der Waals surface area contributed by atoms with E-state index in [1.807, 2.05) is 18.2 Å². The highest BCUT2D eigenvalue weighted by atomic mass is 19.4. The summed E-state index contributed by atoms with van der Waals surface area (Å²) in [6.07, 6.45) is -4.50. The normalized spacial score (nSPS) is 19.2. The molecular weight excluding hydrogens is 341 g/mol. The monoisotopic (exact) mass is 364 g/mol. The molecule has 2 aromatic rings. The summed E-state index contributed by atoms with van der Waals surface area (Å²) in [6.45, 7) is 7.41. The Morgan fingerprint density at radius 1 is 1.15 bits per heavy atom. The average molecular weight is 364 g/mol. The number of alkyl halides is 3. The van der Waals surface area contributed by atoms with Gasteiger partial charge in [-0.15, -0.1) is 0 Å². The van der Waals surface area contributed by atoms with Gasteiger partial charge in [-0.2, -0.15) is 13.2 Å². The minimum absolute atomic E-state index is 0.0000803. The van der Waals surface area contributed by atoms with Gasteiger partial charge in [0.15, 0.2) is 0 Å². The number of hydrogen-bond acceptors (Lipinski definition) is 2. The Morgan fingerprint density at radius 3 is 2.38 bits per heavy atom. The maximum absolute atomic E-state index is 13.9. The number of carbonyl (C=O) groups excluding carboxylic acids is 1. The van der Waals surface area contributed by atoms with Crippen LogP contribution in [-0.4, -0.2) is 23.6 Å². The van der Waals surface area contributed by atoms with E-state index in [0.29, 0.717) is 0 Å². The van der Waals surface area contributed by atoms with Crippen molar-refractivity contribution in [1.29, 1.82) is 0 Å². The van der Waals surface area contributed by atoms with Gasteiger partial charge in [0.05, 0.1) is 5.41 Å². The molecule has 0 aromatic heterocycles. The zero-order chi connectivity index (χ0) is 19.3. The molecule has 0 spiro atoms. The van der Waals surface area contributed by atoms with E-state index < -0.39 is 23.5 Å². The highest BCUT2D eigenvalue weighted by Crippen LogP contribution is 2.41. The van der Waals surface area contributed by atoms with Crippen LogP contribution in [0.15, 0.2) is 36.4 Å². The molecule has 1 atom stereocenters. The second-order valence-corrected chi connectivity index (χ2v) is 7.88. The standard InChI is InChI=1S/C20H23F3N2O/c1-12(2)15-7-5-6-13-10-14(8-9-16(13)15)17(20(21,22)23)25-11-19(3,4)18(26)24-25/h5-10,12,17H,11H2,1-4H3,(H,24,26)/t17-/m0/s1. The Labute approximate surface area is 151 Å². The van der Waals surface area contributed by atoms with Gasteiger partial charge in [-0.3, -0.25) is 10.2 Å². The van der Waals surface area contributed by atoms with E-state index in [2.05, 4.69) is 19.3 Å². The van der Waals surface area contributed by atoms with Crippen LogP contribution < -0.4 is 5.43 Å². The molecule has 140 valence electrons. The Bertz CT molecular complexity index is 843. The molecule has 6 heteroatoms. The summed E-state index contributed by atoms with van der Waals surface area (Å²) >= 11 is 0. The zero-order valence-electron chi connectivity index (χ0n) is 15.3. The maximum atomic E-state index is 13.9. The number of amides is 1. The van der Waals surface area contributed by atoms with Gasteiger partial charge in [0, 0.05) is 6.54 Å². The molecule has 1 amide bonds. The lowest BCUT2D eigenvalue weighted by Crippen LogP contribution is -2.43. The molecule has 1 aliphatic heterocycles. The summed E-state index contributed by atoms with van der Waals surface area (Å²) in [5.41, 5.74) is 2.78. The van der Waals surface area contributed by atoms with Crippen molar-refractivity contribution in [2.75, 3.05) is 6.54 Å². The van der Waals surface area contributed by atoms with Crippen LogP contribution in [0.25, 0.3) is 10.8 Å². The van der Waals surface area contributed by atoms with Crippen LogP contribution in [0.5, 0.6) is 0 Å². The van der Waals surface area contributed by atoms with E-state index in [9.17, 15) is 18.0 Å². The van der Waals surface area contributed by atoms with Crippen LogP contribution in [0.3, 0.4) is 0 Å². The molecule has 0 bridgehead atoms. The number of hydrazine groups is 1. The van der Waals surface area contributed by atoms with E-state index in [1.165, 1.54) is 6.07 Å². The SMILES string of the molecule is CC(C)c1cccc2cc([C@H](N3CC(C)(C)C(=O)N3)C(F)(F)F)ccc12. The molecule has 1 N–H and O–H groups in total. The molecule has 0 radical (unpaired) electrons. The average Bonchev–Trinajstić information content (AvgIpc) is 2.77. The van der Waals surface area contributed by atoms with E-state index in [4.69, 9.17) is 0 Å². The molecule has 1 heterocycles. The third-order valence-corrected chi connectivity index (χ3v) is 4.92. The second kappa shape index (κ2) is 6.27. The molecule has 0 saturated carbocycles. The lowest BCUT2D eigenvalue weighted by molar-refractivity contribution is -0.191. The summed E-state index contributed by atoms with van der Waals surface area (Å²) in [4.78, 5) is 12.0. The van der Waals surface area contributed by atoms with Crippen LogP contribution in [0.1, 0.15) is 50.8 Å². The number of fused-ring (bicyclic) bond motifs is 1. The molecule has 26 heavy (non-hydrogen) atoms. The molecule has 3 nitrogen and oxygen atoms in total. The number of rotatable bonds is 3. The topological polar surface area (TPSA) is 32.3 Å². The maximum Gasteiger partial charge on any atom is 0.409 e. The highest BCUT2D eigenvalue weighted by molar-refractivity contribution is 5.87. The minimum Gasteiger partial charge on any atom is -0.287 e. The van der Waals surface area contributed by atoms with Gasteiger partial charge in [-0.25, -0.2) is 5.01 Å². The number of carbonyl (C=O) groups is 1. The minimum atomic E-state index is -4.50. The van der Waals surface area contributed by atoms with Gasteiger partial charge < -0.3 is 0 Å². The molecule has 1 aliphatic rings. The first kappa shape index (κ1) is 18.7. The van der Waals surface area contributed by atoms with Crippen molar-refractivity contribution in [2.24, 2.45) is 5.41 Å². The first-order valence-electron chi connectivity index (χ1n) is 8.68. The van der Waals surface area contributed by atoms with Gasteiger partial charge in [0.2, 0.25) is 5.91 Å². The van der Waals surface area contributed by atoms with E-state index >= 15 is 0 Å². The fraction of sp³-hybridized carbons (Fsp3) is 0.450. The molecule has 1 fully saturated rings. The van der Waals surface area contributed by atoms with Crippen molar-refractivity contribution >= 4 is 16.7 Å². The summed E-state index contributed by atoms with van der Waals surface area (Å²) < 4.78 is 41.6. The Hall–Kier alpha value is -2.08. The molecule has 0 unspecified atom stereocenters.